The first-order chi connectivity index (χ1) is 14.3. The number of sulfonamides is 1. The number of hydrogen-bond donors (Lipinski definition) is 4. The molecule has 11 heteroatoms. The third kappa shape index (κ3) is 8.80. The van der Waals surface area contributed by atoms with E-state index in [9.17, 15) is 23.1 Å². The molecule has 9 nitrogen and oxygen atoms in total. The minimum absolute atomic E-state index is 0.0568. The van der Waals surface area contributed by atoms with Gasteiger partial charge in [-0.15, -0.1) is 11.3 Å². The van der Waals surface area contributed by atoms with E-state index >= 15 is 0 Å². The molecule has 4 N–H and O–H groups in total. The molecular weight excluding hydrogens is 428 g/mol. The number of carbonyl (C=O) groups is 2. The Morgan fingerprint density at radius 3 is 2.73 bits per heavy atom. The second kappa shape index (κ2) is 12.0. The van der Waals surface area contributed by atoms with E-state index < -0.39 is 22.0 Å². The summed E-state index contributed by atoms with van der Waals surface area (Å²) in [5.41, 5.74) is 0. The summed E-state index contributed by atoms with van der Waals surface area (Å²) in [5, 5.41) is 15.2. The van der Waals surface area contributed by atoms with Gasteiger partial charge in [0.15, 0.2) is 5.96 Å². The van der Waals surface area contributed by atoms with Crippen molar-refractivity contribution in [2.24, 2.45) is 4.99 Å². The molecular formula is C19H30N4O5S2. The fraction of sp³-hybridized carbons (Fsp3) is 0.632. The van der Waals surface area contributed by atoms with Crippen LogP contribution < -0.4 is 15.4 Å². The minimum Gasteiger partial charge on any atom is -0.480 e. The van der Waals surface area contributed by atoms with Crippen molar-refractivity contribution < 1.29 is 23.1 Å². The van der Waals surface area contributed by atoms with Crippen LogP contribution in [-0.4, -0.2) is 56.2 Å². The number of aliphatic imine (C=N–C) groups is 1. The monoisotopic (exact) mass is 458 g/mol. The van der Waals surface area contributed by atoms with E-state index in [1.165, 1.54) is 11.3 Å². The smallest absolute Gasteiger partial charge is 0.322 e. The highest BCUT2D eigenvalue weighted by Gasteiger charge is 2.24. The lowest BCUT2D eigenvalue weighted by molar-refractivity contribution is -0.138. The van der Waals surface area contributed by atoms with Gasteiger partial charge in [0.2, 0.25) is 15.9 Å². The van der Waals surface area contributed by atoms with Gasteiger partial charge in [0, 0.05) is 35.7 Å². The average molecular weight is 459 g/mol. The number of rotatable bonds is 12. The number of thiophene rings is 1. The van der Waals surface area contributed by atoms with E-state index in [1.54, 1.807) is 6.92 Å². The first-order valence-electron chi connectivity index (χ1n) is 10.2. The molecule has 0 radical (unpaired) electrons. The fourth-order valence-electron chi connectivity index (χ4n) is 2.99. The van der Waals surface area contributed by atoms with E-state index in [2.05, 4.69) is 20.3 Å². The van der Waals surface area contributed by atoms with Crippen molar-refractivity contribution in [3.05, 3.63) is 21.9 Å². The summed E-state index contributed by atoms with van der Waals surface area (Å²) in [6.07, 6.45) is 4.28. The number of unbranched alkanes of at least 4 members (excludes halogenated alkanes) is 1. The van der Waals surface area contributed by atoms with Crippen LogP contribution in [-0.2, 0) is 32.5 Å². The summed E-state index contributed by atoms with van der Waals surface area (Å²) >= 11 is 1.48. The summed E-state index contributed by atoms with van der Waals surface area (Å²) in [6.45, 7) is 3.28. The van der Waals surface area contributed by atoms with Crippen LogP contribution in [0.3, 0.4) is 0 Å². The lowest BCUT2D eigenvalue weighted by Gasteiger charge is -2.14. The second-order valence-electron chi connectivity index (χ2n) is 7.17. The van der Waals surface area contributed by atoms with Crippen LogP contribution in [0.15, 0.2) is 17.1 Å². The fourth-order valence-corrected chi connectivity index (χ4v) is 5.37. The lowest BCUT2D eigenvalue weighted by Crippen LogP contribution is -2.43. The van der Waals surface area contributed by atoms with E-state index in [4.69, 9.17) is 0 Å². The zero-order chi connectivity index (χ0) is 22.0. The molecule has 1 aromatic heterocycles. The molecule has 0 bridgehead atoms. The van der Waals surface area contributed by atoms with E-state index in [0.717, 1.165) is 48.5 Å². The number of nitrogens with one attached hydrogen (secondary N) is 3. The molecule has 0 spiro atoms. The second-order valence-corrected chi connectivity index (χ2v) is 10.3. The van der Waals surface area contributed by atoms with Crippen molar-refractivity contribution >= 4 is 39.2 Å². The maximum atomic E-state index is 11.9. The maximum Gasteiger partial charge on any atom is 0.322 e. The number of aryl methyl sites for hydroxylation is 1. The maximum absolute atomic E-state index is 11.9. The Hall–Kier alpha value is -1.98. The Morgan fingerprint density at radius 2 is 2.07 bits per heavy atom. The van der Waals surface area contributed by atoms with Crippen LogP contribution in [0.5, 0.6) is 0 Å². The molecule has 168 valence electrons. The standard InChI is InChI=1S/C19H30N4O5S2/c1-2-12-30(27,28)23-16(18(25)26)13-15-9-8-14(29-15)6-3-4-7-17(24)22-19-20-10-5-11-21-19/h8-9,16,23H,2-7,10-13H2,1H3,(H,25,26)(H2,20,21,22,24). The Morgan fingerprint density at radius 1 is 1.30 bits per heavy atom. The Balaban J connectivity index is 1.75. The van der Waals surface area contributed by atoms with E-state index in [0.29, 0.717) is 18.8 Å². The van der Waals surface area contributed by atoms with Gasteiger partial charge >= 0.3 is 5.97 Å². The van der Waals surface area contributed by atoms with Crippen molar-refractivity contribution in [2.75, 3.05) is 18.8 Å². The molecule has 0 saturated heterocycles. The first kappa shape index (κ1) is 24.3. The largest absolute Gasteiger partial charge is 0.480 e. The molecule has 1 aliphatic rings. The van der Waals surface area contributed by atoms with Gasteiger partial charge < -0.3 is 10.4 Å². The summed E-state index contributed by atoms with van der Waals surface area (Å²) in [6, 6.07) is 2.59. The summed E-state index contributed by atoms with van der Waals surface area (Å²) in [7, 11) is -3.60. The Bertz CT molecular complexity index is 851. The molecule has 1 amide bonds. The predicted octanol–water partition coefficient (Wildman–Crippen LogP) is 1.25. The molecule has 1 aliphatic heterocycles. The zero-order valence-corrected chi connectivity index (χ0v) is 18.8. The molecule has 1 aromatic rings. The van der Waals surface area contributed by atoms with Gasteiger partial charge in [0.05, 0.1) is 5.75 Å². The van der Waals surface area contributed by atoms with E-state index in [1.807, 2.05) is 12.1 Å². The molecule has 1 unspecified atom stereocenters. The average Bonchev–Trinajstić information content (AvgIpc) is 3.12. The van der Waals surface area contributed by atoms with Crippen LogP contribution in [0.2, 0.25) is 0 Å². The topological polar surface area (TPSA) is 137 Å². The number of carbonyl (C=O) groups excluding carboxylic acids is 1. The lowest BCUT2D eigenvalue weighted by atomic mass is 10.1. The molecule has 0 saturated carbocycles. The highest BCUT2D eigenvalue weighted by molar-refractivity contribution is 7.89. The van der Waals surface area contributed by atoms with E-state index in [-0.39, 0.29) is 18.1 Å². The Labute approximate surface area is 181 Å². The normalized spacial score (nSPS) is 15.2. The van der Waals surface area contributed by atoms with Crippen molar-refractivity contribution in [2.45, 2.75) is 57.9 Å². The molecule has 0 fully saturated rings. The number of amides is 1. The molecule has 2 heterocycles. The molecule has 1 atom stereocenters. The number of carboxylic acids is 1. The predicted molar refractivity (Wildman–Crippen MR) is 117 cm³/mol. The highest BCUT2D eigenvalue weighted by Crippen LogP contribution is 2.21. The van der Waals surface area contributed by atoms with Crippen LogP contribution in [0.4, 0.5) is 0 Å². The van der Waals surface area contributed by atoms with Gasteiger partial charge in [-0.2, -0.15) is 0 Å². The van der Waals surface area contributed by atoms with Gasteiger partial charge in [-0.1, -0.05) is 6.92 Å². The van der Waals surface area contributed by atoms with Crippen molar-refractivity contribution in [1.82, 2.24) is 15.4 Å². The number of carboxylic acid groups (broad SMARTS) is 1. The first-order valence-corrected chi connectivity index (χ1v) is 12.6. The molecule has 0 aromatic carbocycles. The quantitative estimate of drug-likeness (QED) is 0.348. The third-order valence-electron chi connectivity index (χ3n) is 4.45. The molecule has 0 aliphatic carbocycles. The molecule has 2 rings (SSSR count). The SMILES string of the molecule is CCCS(=O)(=O)NC(Cc1ccc(CCCCC(=O)NC2=NCCCN2)s1)C(=O)O. The summed E-state index contributed by atoms with van der Waals surface area (Å²) in [4.78, 5) is 29.5. The zero-order valence-electron chi connectivity index (χ0n) is 17.1. The van der Waals surface area contributed by atoms with Gasteiger partial charge in [0.1, 0.15) is 6.04 Å². The van der Waals surface area contributed by atoms with Gasteiger partial charge in [-0.05, 0) is 44.2 Å². The van der Waals surface area contributed by atoms with Crippen LogP contribution in [0.1, 0.15) is 48.8 Å². The van der Waals surface area contributed by atoms with Crippen LogP contribution in [0.25, 0.3) is 0 Å². The van der Waals surface area contributed by atoms with Gasteiger partial charge in [0.25, 0.3) is 0 Å². The van der Waals surface area contributed by atoms with Gasteiger partial charge in [-0.25, -0.2) is 13.1 Å². The third-order valence-corrected chi connectivity index (χ3v) is 7.20. The highest BCUT2D eigenvalue weighted by atomic mass is 32.2. The minimum atomic E-state index is -3.60. The Kier molecular flexibility index (Phi) is 9.73. The summed E-state index contributed by atoms with van der Waals surface area (Å²) in [5.74, 6) is -0.785. The van der Waals surface area contributed by atoms with Gasteiger partial charge in [-0.3, -0.25) is 19.9 Å². The van der Waals surface area contributed by atoms with Crippen LogP contribution in [0, 0.1) is 0 Å². The number of guanidine groups is 1. The van der Waals surface area contributed by atoms with Crippen molar-refractivity contribution in [3.8, 4) is 0 Å². The molecule has 30 heavy (non-hydrogen) atoms. The van der Waals surface area contributed by atoms with Crippen molar-refractivity contribution in [1.29, 1.82) is 0 Å². The summed E-state index contributed by atoms with van der Waals surface area (Å²) < 4.78 is 26.0. The number of aliphatic carboxylic acids is 1. The number of hydrogen-bond acceptors (Lipinski definition) is 7. The number of nitrogens with zero attached hydrogens (tertiary/aromatic N) is 1. The van der Waals surface area contributed by atoms with Crippen molar-refractivity contribution in [3.63, 3.8) is 0 Å². The van der Waals surface area contributed by atoms with Crippen LogP contribution >= 0.6 is 11.3 Å².